The highest BCUT2D eigenvalue weighted by atomic mass is 32.2. The van der Waals surface area contributed by atoms with Crippen LogP contribution in [0.3, 0.4) is 0 Å². The molecule has 3 heterocycles. The van der Waals surface area contributed by atoms with Crippen LogP contribution in [0.2, 0.25) is 0 Å². The third-order valence-corrected chi connectivity index (χ3v) is 6.60. The summed E-state index contributed by atoms with van der Waals surface area (Å²) >= 11 is 1.75. The van der Waals surface area contributed by atoms with Gasteiger partial charge in [-0.1, -0.05) is 42.1 Å². The normalized spacial score (nSPS) is 19.0. The van der Waals surface area contributed by atoms with E-state index in [9.17, 15) is 0 Å². The van der Waals surface area contributed by atoms with E-state index in [0.29, 0.717) is 0 Å². The lowest BCUT2D eigenvalue weighted by Crippen LogP contribution is -2.37. The zero-order valence-electron chi connectivity index (χ0n) is 17.9. The molecule has 1 fully saturated rings. The van der Waals surface area contributed by atoms with Gasteiger partial charge >= 0.3 is 0 Å². The first-order valence-corrected chi connectivity index (χ1v) is 11.7. The number of morpholine rings is 1. The lowest BCUT2D eigenvalue weighted by Gasteiger charge is -2.26. The molecule has 2 aromatic rings. The molecule has 0 spiro atoms. The summed E-state index contributed by atoms with van der Waals surface area (Å²) in [4.78, 5) is 7.15. The Labute approximate surface area is 183 Å². The molecule has 7 heteroatoms. The van der Waals surface area contributed by atoms with Crippen molar-refractivity contribution in [3.8, 4) is 0 Å². The molecule has 0 saturated carbocycles. The third kappa shape index (κ3) is 5.33. The summed E-state index contributed by atoms with van der Waals surface area (Å²) in [5.74, 6) is 0.852. The van der Waals surface area contributed by atoms with Gasteiger partial charge in [0.2, 0.25) is 0 Å². The molecule has 30 heavy (non-hydrogen) atoms. The fourth-order valence-electron chi connectivity index (χ4n) is 3.94. The van der Waals surface area contributed by atoms with Crippen LogP contribution < -0.4 is 5.43 Å². The Kier molecular flexibility index (Phi) is 7.25. The largest absolute Gasteiger partial charge is 0.379 e. The Bertz CT molecular complexity index is 900. The van der Waals surface area contributed by atoms with Crippen LogP contribution in [0.15, 0.2) is 46.5 Å². The number of thioether (sulfide) groups is 1. The SMILES string of the molecule is Cc1cc(C2=NNC(=NCCCN3CCOCC3)SC2)c(C)n1Cc1ccccc1. The molecule has 1 aromatic heterocycles. The van der Waals surface area contributed by atoms with Crippen molar-refractivity contribution in [2.75, 3.05) is 45.1 Å². The number of aromatic nitrogens is 1. The van der Waals surface area contributed by atoms with Crippen LogP contribution in [-0.4, -0.2) is 65.5 Å². The van der Waals surface area contributed by atoms with Crippen molar-refractivity contribution in [2.45, 2.75) is 26.8 Å². The number of aliphatic imine (C=N–C) groups is 1. The number of aryl methyl sites for hydroxylation is 1. The number of rotatable bonds is 7. The molecule has 0 radical (unpaired) electrons. The molecule has 1 aromatic carbocycles. The van der Waals surface area contributed by atoms with Crippen LogP contribution in [0.1, 0.15) is 28.9 Å². The molecule has 6 nitrogen and oxygen atoms in total. The maximum atomic E-state index is 5.40. The van der Waals surface area contributed by atoms with Gasteiger partial charge in [-0.25, -0.2) is 0 Å². The molecule has 0 aliphatic carbocycles. The van der Waals surface area contributed by atoms with Gasteiger partial charge in [0.15, 0.2) is 5.17 Å². The number of ether oxygens (including phenoxy) is 1. The molecule has 2 aliphatic heterocycles. The first kappa shape index (κ1) is 21.2. The van der Waals surface area contributed by atoms with Crippen LogP contribution in [0.4, 0.5) is 0 Å². The van der Waals surface area contributed by atoms with Gasteiger partial charge in [-0.3, -0.25) is 15.3 Å². The first-order chi connectivity index (χ1) is 14.7. The quantitative estimate of drug-likeness (QED) is 0.692. The molecule has 1 N–H and O–H groups in total. The maximum absolute atomic E-state index is 5.40. The predicted molar refractivity (Wildman–Crippen MR) is 126 cm³/mol. The Balaban J connectivity index is 1.33. The van der Waals surface area contributed by atoms with Gasteiger partial charge in [-0.15, -0.1) is 0 Å². The highest BCUT2D eigenvalue weighted by Gasteiger charge is 2.18. The second kappa shape index (κ2) is 10.3. The topological polar surface area (TPSA) is 54.1 Å². The highest BCUT2D eigenvalue weighted by Crippen LogP contribution is 2.21. The van der Waals surface area contributed by atoms with E-state index in [1.807, 2.05) is 0 Å². The average molecular weight is 426 g/mol. The number of nitrogens with zero attached hydrogens (tertiary/aromatic N) is 4. The Morgan fingerprint density at radius 1 is 1.17 bits per heavy atom. The van der Waals surface area contributed by atoms with E-state index in [-0.39, 0.29) is 0 Å². The second-order valence-electron chi connectivity index (χ2n) is 7.81. The van der Waals surface area contributed by atoms with Crippen LogP contribution in [0.5, 0.6) is 0 Å². The van der Waals surface area contributed by atoms with E-state index >= 15 is 0 Å². The number of amidine groups is 1. The van der Waals surface area contributed by atoms with Crippen LogP contribution in [0.25, 0.3) is 0 Å². The van der Waals surface area contributed by atoms with E-state index in [1.165, 1.54) is 22.5 Å². The molecule has 0 amide bonds. The lowest BCUT2D eigenvalue weighted by atomic mass is 10.1. The minimum Gasteiger partial charge on any atom is -0.379 e. The molecule has 0 atom stereocenters. The number of benzene rings is 1. The summed E-state index contributed by atoms with van der Waals surface area (Å²) in [6, 6.07) is 12.9. The predicted octanol–water partition coefficient (Wildman–Crippen LogP) is 3.27. The summed E-state index contributed by atoms with van der Waals surface area (Å²) in [7, 11) is 0. The molecular weight excluding hydrogens is 394 g/mol. The molecule has 2 aliphatic rings. The van der Waals surface area contributed by atoms with Crippen molar-refractivity contribution in [3.63, 3.8) is 0 Å². The first-order valence-electron chi connectivity index (χ1n) is 10.7. The van der Waals surface area contributed by atoms with Crippen molar-refractivity contribution in [1.29, 1.82) is 0 Å². The fraction of sp³-hybridized carbons (Fsp3) is 0.478. The van der Waals surface area contributed by atoms with E-state index in [1.54, 1.807) is 11.8 Å². The number of hydrazone groups is 1. The maximum Gasteiger partial charge on any atom is 0.177 e. The van der Waals surface area contributed by atoms with Gasteiger partial charge in [-0.05, 0) is 31.9 Å². The van der Waals surface area contributed by atoms with Crippen LogP contribution in [0, 0.1) is 13.8 Å². The van der Waals surface area contributed by atoms with E-state index in [2.05, 4.69) is 70.2 Å². The van der Waals surface area contributed by atoms with Gasteiger partial charge in [0, 0.05) is 55.4 Å². The standard InChI is InChI=1S/C23H31N5OS/c1-18-15-21(19(2)28(18)16-20-7-4-3-5-8-20)22-17-30-23(26-25-22)24-9-6-10-27-11-13-29-14-12-27/h3-5,7-8,15H,6,9-14,16-17H2,1-2H3,(H,24,26). The summed E-state index contributed by atoms with van der Waals surface area (Å²) < 4.78 is 7.76. The number of nitrogens with one attached hydrogen (secondary N) is 1. The van der Waals surface area contributed by atoms with Crippen molar-refractivity contribution in [3.05, 3.63) is 58.9 Å². The zero-order chi connectivity index (χ0) is 20.8. The molecule has 160 valence electrons. The molecule has 0 unspecified atom stereocenters. The van der Waals surface area contributed by atoms with Gasteiger partial charge in [0.05, 0.1) is 18.9 Å². The monoisotopic (exact) mass is 425 g/mol. The molecule has 0 bridgehead atoms. The lowest BCUT2D eigenvalue weighted by molar-refractivity contribution is 0.0377. The Hall–Kier alpha value is -2.09. The van der Waals surface area contributed by atoms with E-state index < -0.39 is 0 Å². The van der Waals surface area contributed by atoms with Gasteiger partial charge in [0.1, 0.15) is 0 Å². The summed E-state index contributed by atoms with van der Waals surface area (Å²) in [6.45, 7) is 11.0. The molecule has 4 rings (SSSR count). The average Bonchev–Trinajstić information content (AvgIpc) is 3.07. The summed E-state index contributed by atoms with van der Waals surface area (Å²) in [5.41, 5.74) is 9.35. The van der Waals surface area contributed by atoms with Crippen molar-refractivity contribution in [2.24, 2.45) is 10.1 Å². The Morgan fingerprint density at radius 2 is 1.97 bits per heavy atom. The van der Waals surface area contributed by atoms with Crippen molar-refractivity contribution in [1.82, 2.24) is 14.9 Å². The Morgan fingerprint density at radius 3 is 2.70 bits per heavy atom. The van der Waals surface area contributed by atoms with Crippen molar-refractivity contribution < 1.29 is 4.74 Å². The highest BCUT2D eigenvalue weighted by molar-refractivity contribution is 8.14. The second-order valence-corrected chi connectivity index (χ2v) is 8.77. The summed E-state index contributed by atoms with van der Waals surface area (Å²) in [6.07, 6.45) is 1.07. The van der Waals surface area contributed by atoms with Gasteiger partial charge in [-0.2, -0.15) is 5.10 Å². The minimum atomic E-state index is 0.836. The fourth-order valence-corrected chi connectivity index (χ4v) is 4.72. The van der Waals surface area contributed by atoms with E-state index in [4.69, 9.17) is 9.73 Å². The minimum absolute atomic E-state index is 0.836. The van der Waals surface area contributed by atoms with Crippen LogP contribution >= 0.6 is 11.8 Å². The molecule has 1 saturated heterocycles. The van der Waals surface area contributed by atoms with Crippen molar-refractivity contribution >= 4 is 22.6 Å². The number of hydrogen-bond acceptors (Lipinski definition) is 5. The van der Waals surface area contributed by atoms with E-state index in [0.717, 1.165) is 69.0 Å². The molecular formula is C23H31N5OS. The summed E-state index contributed by atoms with van der Waals surface area (Å²) in [5, 5.41) is 5.58. The number of hydrogen-bond donors (Lipinski definition) is 1. The smallest absolute Gasteiger partial charge is 0.177 e. The third-order valence-electron chi connectivity index (χ3n) is 5.69. The van der Waals surface area contributed by atoms with Crippen LogP contribution in [-0.2, 0) is 11.3 Å². The van der Waals surface area contributed by atoms with Gasteiger partial charge < -0.3 is 9.30 Å². The van der Waals surface area contributed by atoms with Gasteiger partial charge in [0.25, 0.3) is 0 Å². The zero-order valence-corrected chi connectivity index (χ0v) is 18.7.